The molecular weight excluding hydrogens is 316 g/mol. The van der Waals surface area contributed by atoms with Crippen molar-refractivity contribution in [3.8, 4) is 0 Å². The van der Waals surface area contributed by atoms with Gasteiger partial charge in [0.05, 0.1) is 13.0 Å². The van der Waals surface area contributed by atoms with Crippen molar-refractivity contribution in [1.82, 2.24) is 0 Å². The van der Waals surface area contributed by atoms with Crippen molar-refractivity contribution in [3.63, 3.8) is 0 Å². The topological polar surface area (TPSA) is 58.6 Å². The molecule has 0 bridgehead atoms. The van der Waals surface area contributed by atoms with Crippen LogP contribution in [0, 0.1) is 0 Å². The average Bonchev–Trinajstić information content (AvgIpc) is 2.96. The molecule has 5 nitrogen and oxygen atoms in total. The minimum Gasteiger partial charge on any atom is -0.447 e. The van der Waals surface area contributed by atoms with Gasteiger partial charge in [0.1, 0.15) is 6.61 Å². The summed E-state index contributed by atoms with van der Waals surface area (Å²) in [5.74, 6) is -0.147. The zero-order chi connectivity index (χ0) is 16.2. The number of halogens is 1. The van der Waals surface area contributed by atoms with Gasteiger partial charge in [-0.25, -0.2) is 4.79 Å². The summed E-state index contributed by atoms with van der Waals surface area (Å²) in [5.41, 5.74) is 2.19. The molecule has 2 amide bonds. The molecular formula is C17H15ClN2O3. The maximum Gasteiger partial charge on any atom is 0.414 e. The lowest BCUT2D eigenvalue weighted by Gasteiger charge is -2.13. The van der Waals surface area contributed by atoms with Gasteiger partial charge in [-0.2, -0.15) is 0 Å². The normalized spacial score (nSPS) is 13.8. The summed E-state index contributed by atoms with van der Waals surface area (Å²) < 4.78 is 4.90. The van der Waals surface area contributed by atoms with Gasteiger partial charge in [-0.3, -0.25) is 9.69 Å². The number of anilines is 2. The number of ether oxygens (including phenoxy) is 1. The van der Waals surface area contributed by atoms with Crippen molar-refractivity contribution in [2.24, 2.45) is 0 Å². The van der Waals surface area contributed by atoms with E-state index in [0.717, 1.165) is 11.3 Å². The second kappa shape index (κ2) is 6.71. The highest BCUT2D eigenvalue weighted by Gasteiger charge is 2.23. The summed E-state index contributed by atoms with van der Waals surface area (Å²) in [6.07, 6.45) is -0.139. The lowest BCUT2D eigenvalue weighted by molar-refractivity contribution is -0.115. The summed E-state index contributed by atoms with van der Waals surface area (Å²) >= 11 is 6.05. The molecule has 1 saturated heterocycles. The number of amides is 2. The Morgan fingerprint density at radius 2 is 1.91 bits per heavy atom. The number of rotatable bonds is 4. The highest BCUT2D eigenvalue weighted by molar-refractivity contribution is 6.31. The second-order valence-corrected chi connectivity index (χ2v) is 5.54. The number of cyclic esters (lactones) is 1. The van der Waals surface area contributed by atoms with E-state index < -0.39 is 0 Å². The average molecular weight is 331 g/mol. The van der Waals surface area contributed by atoms with Gasteiger partial charge in [-0.15, -0.1) is 0 Å². The van der Waals surface area contributed by atoms with Crippen LogP contribution in [-0.4, -0.2) is 25.2 Å². The Morgan fingerprint density at radius 3 is 2.57 bits per heavy atom. The molecule has 6 heteroatoms. The van der Waals surface area contributed by atoms with Crippen LogP contribution in [0.4, 0.5) is 16.2 Å². The first-order valence-corrected chi connectivity index (χ1v) is 7.59. The molecule has 1 N–H and O–H groups in total. The Labute approximate surface area is 138 Å². The second-order valence-electron chi connectivity index (χ2n) is 5.13. The lowest BCUT2D eigenvalue weighted by atomic mass is 10.1. The van der Waals surface area contributed by atoms with E-state index in [0.29, 0.717) is 23.9 Å². The predicted molar refractivity (Wildman–Crippen MR) is 88.9 cm³/mol. The molecule has 1 heterocycles. The zero-order valence-electron chi connectivity index (χ0n) is 12.3. The van der Waals surface area contributed by atoms with Gasteiger partial charge in [0.15, 0.2) is 0 Å². The van der Waals surface area contributed by atoms with E-state index in [2.05, 4.69) is 5.32 Å². The van der Waals surface area contributed by atoms with E-state index in [-0.39, 0.29) is 18.4 Å². The highest BCUT2D eigenvalue weighted by Crippen LogP contribution is 2.21. The molecule has 0 aliphatic carbocycles. The summed E-state index contributed by atoms with van der Waals surface area (Å²) in [6.45, 7) is 0.937. The first-order chi connectivity index (χ1) is 11.1. The Hall–Kier alpha value is -2.53. The van der Waals surface area contributed by atoms with Crippen molar-refractivity contribution < 1.29 is 14.3 Å². The molecule has 2 aromatic rings. The Morgan fingerprint density at radius 1 is 1.17 bits per heavy atom. The third-order valence-corrected chi connectivity index (χ3v) is 3.90. The molecule has 1 aliphatic heterocycles. The van der Waals surface area contributed by atoms with Crippen molar-refractivity contribution in [2.75, 3.05) is 23.4 Å². The predicted octanol–water partition coefficient (Wildman–Crippen LogP) is 3.48. The van der Waals surface area contributed by atoms with Crippen LogP contribution >= 0.6 is 11.6 Å². The van der Waals surface area contributed by atoms with Gasteiger partial charge in [-0.05, 0) is 35.9 Å². The van der Waals surface area contributed by atoms with Crippen LogP contribution in [-0.2, 0) is 16.0 Å². The minimum absolute atomic E-state index is 0.147. The van der Waals surface area contributed by atoms with Crippen molar-refractivity contribution in [3.05, 3.63) is 59.1 Å². The Kier molecular flexibility index (Phi) is 4.48. The molecule has 0 unspecified atom stereocenters. The molecule has 3 rings (SSSR count). The zero-order valence-corrected chi connectivity index (χ0v) is 13.0. The Balaban J connectivity index is 1.63. The van der Waals surface area contributed by atoms with Crippen LogP contribution in [0.3, 0.4) is 0 Å². The van der Waals surface area contributed by atoms with E-state index in [4.69, 9.17) is 16.3 Å². The van der Waals surface area contributed by atoms with Crippen molar-refractivity contribution in [2.45, 2.75) is 6.42 Å². The van der Waals surface area contributed by atoms with E-state index in [1.807, 2.05) is 18.2 Å². The molecule has 0 atom stereocenters. The number of hydrogen-bond acceptors (Lipinski definition) is 3. The quantitative estimate of drug-likeness (QED) is 0.933. The molecule has 0 radical (unpaired) electrons. The molecule has 2 aromatic carbocycles. The number of carbonyl (C=O) groups is 2. The highest BCUT2D eigenvalue weighted by atomic mass is 35.5. The minimum atomic E-state index is -0.347. The largest absolute Gasteiger partial charge is 0.447 e. The molecule has 1 fully saturated rings. The fourth-order valence-electron chi connectivity index (χ4n) is 2.37. The third-order valence-electron chi connectivity index (χ3n) is 3.53. The summed E-state index contributed by atoms with van der Waals surface area (Å²) in [7, 11) is 0. The fourth-order valence-corrected chi connectivity index (χ4v) is 2.58. The molecule has 23 heavy (non-hydrogen) atoms. The van der Waals surface area contributed by atoms with E-state index in [1.165, 1.54) is 0 Å². The lowest BCUT2D eigenvalue weighted by Crippen LogP contribution is -2.23. The maximum atomic E-state index is 12.1. The SMILES string of the molecule is O=C(Cc1ccccc1Cl)Nc1ccc(N2CCOC2=O)cc1. The molecule has 118 valence electrons. The third kappa shape index (κ3) is 3.63. The standard InChI is InChI=1S/C17H15ClN2O3/c18-15-4-2-1-3-12(15)11-16(21)19-13-5-7-14(8-6-13)20-9-10-23-17(20)22/h1-8H,9-11H2,(H,19,21). The summed E-state index contributed by atoms with van der Waals surface area (Å²) in [6, 6.07) is 14.3. The summed E-state index contributed by atoms with van der Waals surface area (Å²) in [4.78, 5) is 25.1. The Bertz CT molecular complexity index is 731. The van der Waals surface area contributed by atoms with Gasteiger partial charge in [0.2, 0.25) is 5.91 Å². The monoisotopic (exact) mass is 330 g/mol. The fraction of sp³-hybridized carbons (Fsp3) is 0.176. The van der Waals surface area contributed by atoms with E-state index in [9.17, 15) is 9.59 Å². The van der Waals surface area contributed by atoms with Crippen LogP contribution < -0.4 is 10.2 Å². The number of nitrogens with one attached hydrogen (secondary N) is 1. The van der Waals surface area contributed by atoms with Gasteiger partial charge in [-0.1, -0.05) is 29.8 Å². The van der Waals surface area contributed by atoms with Crippen molar-refractivity contribution in [1.29, 1.82) is 0 Å². The molecule has 1 aliphatic rings. The van der Waals surface area contributed by atoms with Crippen molar-refractivity contribution >= 4 is 35.0 Å². The first-order valence-electron chi connectivity index (χ1n) is 7.21. The van der Waals surface area contributed by atoms with E-state index in [1.54, 1.807) is 35.2 Å². The van der Waals surface area contributed by atoms with Gasteiger partial charge in [0, 0.05) is 16.4 Å². The summed E-state index contributed by atoms with van der Waals surface area (Å²) in [5, 5.41) is 3.39. The van der Waals surface area contributed by atoms with Gasteiger partial charge >= 0.3 is 6.09 Å². The number of nitrogens with zero attached hydrogens (tertiary/aromatic N) is 1. The van der Waals surface area contributed by atoms with Crippen LogP contribution in [0.2, 0.25) is 5.02 Å². The van der Waals surface area contributed by atoms with Crippen LogP contribution in [0.5, 0.6) is 0 Å². The maximum absolute atomic E-state index is 12.1. The molecule has 0 spiro atoms. The van der Waals surface area contributed by atoms with Crippen LogP contribution in [0.15, 0.2) is 48.5 Å². The number of carbonyl (C=O) groups excluding carboxylic acids is 2. The first kappa shape index (κ1) is 15.4. The van der Waals surface area contributed by atoms with Gasteiger partial charge in [0.25, 0.3) is 0 Å². The molecule has 0 saturated carbocycles. The number of hydrogen-bond donors (Lipinski definition) is 1. The van der Waals surface area contributed by atoms with E-state index >= 15 is 0 Å². The van der Waals surface area contributed by atoms with Crippen LogP contribution in [0.1, 0.15) is 5.56 Å². The smallest absolute Gasteiger partial charge is 0.414 e. The van der Waals surface area contributed by atoms with Gasteiger partial charge < -0.3 is 10.1 Å². The molecule has 0 aromatic heterocycles. The number of benzene rings is 2. The van der Waals surface area contributed by atoms with Crippen LogP contribution in [0.25, 0.3) is 0 Å².